The Balaban J connectivity index is 1.78. The summed E-state index contributed by atoms with van der Waals surface area (Å²) in [7, 11) is 0. The van der Waals surface area contributed by atoms with Crippen molar-refractivity contribution in [1.82, 2.24) is 14.8 Å². The van der Waals surface area contributed by atoms with Gasteiger partial charge >= 0.3 is 0 Å². The minimum atomic E-state index is 0.118. The Hall–Kier alpha value is -1.20. The molecule has 1 fully saturated rings. The van der Waals surface area contributed by atoms with E-state index >= 15 is 0 Å². The number of aromatic nitrogens is 1. The van der Waals surface area contributed by atoms with Crippen LogP contribution in [-0.2, 0) is 4.79 Å². The van der Waals surface area contributed by atoms with Crippen molar-refractivity contribution in [3.63, 3.8) is 0 Å². The molecule has 1 amide bonds. The number of carbonyl (C=O) groups excluding carboxylic acids is 1. The van der Waals surface area contributed by atoms with Gasteiger partial charge in [0.1, 0.15) is 0 Å². The minimum absolute atomic E-state index is 0.118. The Labute approximate surface area is 137 Å². The summed E-state index contributed by atoms with van der Waals surface area (Å²) in [5.74, 6) is 0.848. The molecule has 1 aromatic rings. The van der Waals surface area contributed by atoms with Gasteiger partial charge in [0.15, 0.2) is 0 Å². The van der Waals surface area contributed by atoms with Crippen LogP contribution < -0.4 is 0 Å². The molecule has 1 aromatic heterocycles. The lowest BCUT2D eigenvalue weighted by Gasteiger charge is -2.34. The molecule has 0 atom stereocenters. The molecule has 0 N–H and O–H groups in total. The van der Waals surface area contributed by atoms with Crippen LogP contribution in [0.15, 0.2) is 11.5 Å². The number of amides is 1. The quantitative estimate of drug-likeness (QED) is 0.756. The zero-order chi connectivity index (χ0) is 15.9. The van der Waals surface area contributed by atoms with Gasteiger partial charge in [0.2, 0.25) is 5.91 Å². The second kappa shape index (κ2) is 8.44. The molecule has 2 rings (SSSR count). The monoisotopic (exact) mass is 321 g/mol. The van der Waals surface area contributed by atoms with Crippen LogP contribution in [0.25, 0.3) is 6.08 Å². The first-order chi connectivity index (χ1) is 10.6. The fourth-order valence-electron chi connectivity index (χ4n) is 2.90. The van der Waals surface area contributed by atoms with E-state index in [9.17, 15) is 4.79 Å². The van der Waals surface area contributed by atoms with E-state index in [2.05, 4.69) is 23.7 Å². The molecular weight excluding hydrogens is 294 g/mol. The summed E-state index contributed by atoms with van der Waals surface area (Å²) < 4.78 is 0. The van der Waals surface area contributed by atoms with Gasteiger partial charge in [-0.05, 0) is 44.8 Å². The first-order valence-electron chi connectivity index (χ1n) is 8.23. The Bertz CT molecular complexity index is 500. The van der Waals surface area contributed by atoms with E-state index in [-0.39, 0.29) is 5.91 Å². The molecule has 1 aliphatic rings. The van der Waals surface area contributed by atoms with Crippen molar-refractivity contribution < 1.29 is 4.79 Å². The average molecular weight is 321 g/mol. The van der Waals surface area contributed by atoms with E-state index in [1.54, 1.807) is 17.4 Å². The molecule has 5 heteroatoms. The molecule has 0 aromatic carbocycles. The predicted molar refractivity (Wildman–Crippen MR) is 93.0 cm³/mol. The standard InChI is InChI=1S/C17H27N3OS/c1-4-19(5-2)12-15-8-10-20(11-9-15)17(21)7-6-16-13-22-14(3)18-16/h6-7,13,15H,4-5,8-12H2,1-3H3/b7-6+. The first-order valence-corrected chi connectivity index (χ1v) is 9.11. The van der Waals surface area contributed by atoms with Gasteiger partial charge in [-0.15, -0.1) is 11.3 Å². The lowest BCUT2D eigenvalue weighted by atomic mass is 9.96. The molecule has 122 valence electrons. The van der Waals surface area contributed by atoms with E-state index in [0.717, 1.165) is 55.6 Å². The molecule has 1 aliphatic heterocycles. The summed E-state index contributed by atoms with van der Waals surface area (Å²) in [6.45, 7) is 11.6. The van der Waals surface area contributed by atoms with Gasteiger partial charge in [0, 0.05) is 31.1 Å². The lowest BCUT2D eigenvalue weighted by molar-refractivity contribution is -0.127. The molecule has 0 spiro atoms. The molecular formula is C17H27N3OS. The van der Waals surface area contributed by atoms with Gasteiger partial charge in [-0.1, -0.05) is 13.8 Å². The number of thiazole rings is 1. The number of aryl methyl sites for hydroxylation is 1. The van der Waals surface area contributed by atoms with Crippen molar-refractivity contribution in [3.8, 4) is 0 Å². The van der Waals surface area contributed by atoms with Crippen LogP contribution in [-0.4, -0.2) is 53.4 Å². The van der Waals surface area contributed by atoms with Crippen LogP contribution in [0.1, 0.15) is 37.4 Å². The number of carbonyl (C=O) groups is 1. The highest BCUT2D eigenvalue weighted by atomic mass is 32.1. The lowest BCUT2D eigenvalue weighted by Crippen LogP contribution is -2.41. The minimum Gasteiger partial charge on any atom is -0.339 e. The molecule has 1 saturated heterocycles. The highest BCUT2D eigenvalue weighted by Gasteiger charge is 2.22. The Morgan fingerprint density at radius 3 is 2.64 bits per heavy atom. The number of rotatable bonds is 6. The normalized spacial score (nSPS) is 16.8. The molecule has 0 radical (unpaired) electrons. The number of likely N-dealkylation sites (tertiary alicyclic amines) is 1. The average Bonchev–Trinajstić information content (AvgIpc) is 2.96. The summed E-state index contributed by atoms with van der Waals surface area (Å²) in [5, 5.41) is 3.01. The SMILES string of the molecule is CCN(CC)CC1CCN(C(=O)/C=C/c2csc(C)n2)CC1. The fourth-order valence-corrected chi connectivity index (χ4v) is 3.48. The van der Waals surface area contributed by atoms with E-state index in [0.29, 0.717) is 0 Å². The zero-order valence-corrected chi connectivity index (χ0v) is 14.7. The van der Waals surface area contributed by atoms with E-state index in [4.69, 9.17) is 0 Å². The van der Waals surface area contributed by atoms with E-state index in [1.165, 1.54) is 6.54 Å². The third-order valence-electron chi connectivity index (χ3n) is 4.37. The predicted octanol–water partition coefficient (Wildman–Crippen LogP) is 3.05. The van der Waals surface area contributed by atoms with Crippen molar-refractivity contribution in [3.05, 3.63) is 22.2 Å². The van der Waals surface area contributed by atoms with Gasteiger partial charge in [0.25, 0.3) is 0 Å². The molecule has 4 nitrogen and oxygen atoms in total. The second-order valence-electron chi connectivity index (χ2n) is 5.88. The van der Waals surface area contributed by atoms with Gasteiger partial charge < -0.3 is 9.80 Å². The first kappa shape index (κ1) is 17.2. The van der Waals surface area contributed by atoms with Crippen molar-refractivity contribution in [2.24, 2.45) is 5.92 Å². The van der Waals surface area contributed by atoms with Crippen molar-refractivity contribution in [2.45, 2.75) is 33.6 Å². The Kier molecular flexibility index (Phi) is 6.58. The second-order valence-corrected chi connectivity index (χ2v) is 6.94. The number of hydrogen-bond acceptors (Lipinski definition) is 4. The van der Waals surface area contributed by atoms with Crippen LogP contribution in [0, 0.1) is 12.8 Å². The molecule has 22 heavy (non-hydrogen) atoms. The maximum Gasteiger partial charge on any atom is 0.246 e. The van der Waals surface area contributed by atoms with E-state index < -0.39 is 0 Å². The molecule has 0 bridgehead atoms. The van der Waals surface area contributed by atoms with Gasteiger partial charge in [-0.25, -0.2) is 4.98 Å². The zero-order valence-electron chi connectivity index (χ0n) is 13.9. The van der Waals surface area contributed by atoms with Gasteiger partial charge in [-0.3, -0.25) is 4.79 Å². The molecule has 0 aliphatic carbocycles. The maximum atomic E-state index is 12.2. The molecule has 0 unspecified atom stereocenters. The van der Waals surface area contributed by atoms with Gasteiger partial charge in [-0.2, -0.15) is 0 Å². The Morgan fingerprint density at radius 2 is 2.09 bits per heavy atom. The largest absolute Gasteiger partial charge is 0.339 e. The van der Waals surface area contributed by atoms with Crippen LogP contribution in [0.4, 0.5) is 0 Å². The maximum absolute atomic E-state index is 12.2. The van der Waals surface area contributed by atoms with Crippen LogP contribution in [0.2, 0.25) is 0 Å². The smallest absolute Gasteiger partial charge is 0.246 e. The van der Waals surface area contributed by atoms with Crippen LogP contribution in [0.5, 0.6) is 0 Å². The van der Waals surface area contributed by atoms with Crippen molar-refractivity contribution >= 4 is 23.3 Å². The topological polar surface area (TPSA) is 36.4 Å². The summed E-state index contributed by atoms with van der Waals surface area (Å²) in [6, 6.07) is 0. The van der Waals surface area contributed by atoms with Crippen molar-refractivity contribution in [2.75, 3.05) is 32.7 Å². The summed E-state index contributed by atoms with van der Waals surface area (Å²) >= 11 is 1.61. The molecule has 0 saturated carbocycles. The third-order valence-corrected chi connectivity index (χ3v) is 5.16. The number of piperidine rings is 1. The van der Waals surface area contributed by atoms with E-state index in [1.807, 2.05) is 23.3 Å². The summed E-state index contributed by atoms with van der Waals surface area (Å²) in [5.41, 5.74) is 0.882. The van der Waals surface area contributed by atoms with Gasteiger partial charge in [0.05, 0.1) is 10.7 Å². The van der Waals surface area contributed by atoms with Crippen LogP contribution in [0.3, 0.4) is 0 Å². The fraction of sp³-hybridized carbons (Fsp3) is 0.647. The summed E-state index contributed by atoms with van der Waals surface area (Å²) in [6.07, 6.45) is 5.73. The Morgan fingerprint density at radius 1 is 1.41 bits per heavy atom. The number of nitrogens with zero attached hydrogens (tertiary/aromatic N) is 3. The highest BCUT2D eigenvalue weighted by molar-refractivity contribution is 7.09. The number of hydrogen-bond donors (Lipinski definition) is 0. The van der Waals surface area contributed by atoms with Crippen LogP contribution >= 0.6 is 11.3 Å². The highest BCUT2D eigenvalue weighted by Crippen LogP contribution is 2.19. The third kappa shape index (κ3) is 4.92. The summed E-state index contributed by atoms with van der Waals surface area (Å²) in [4.78, 5) is 21.0. The van der Waals surface area contributed by atoms with Crippen molar-refractivity contribution in [1.29, 1.82) is 0 Å². The molecule has 2 heterocycles.